The molecule has 1 aromatic heterocycles. The Kier molecular flexibility index (Phi) is 4.48. The highest BCUT2D eigenvalue weighted by Crippen LogP contribution is 2.14. The van der Waals surface area contributed by atoms with Crippen molar-refractivity contribution in [1.29, 1.82) is 0 Å². The van der Waals surface area contributed by atoms with Crippen molar-refractivity contribution in [2.45, 2.75) is 26.4 Å². The van der Waals surface area contributed by atoms with Crippen LogP contribution in [0.5, 0.6) is 0 Å². The first-order valence-corrected chi connectivity index (χ1v) is 6.57. The van der Waals surface area contributed by atoms with Crippen molar-refractivity contribution < 1.29 is 9.90 Å². The predicted molar refractivity (Wildman–Crippen MR) is 78.6 cm³/mol. The first-order chi connectivity index (χ1) is 9.60. The molecule has 0 aliphatic rings. The highest BCUT2D eigenvalue weighted by molar-refractivity contribution is 6.04. The van der Waals surface area contributed by atoms with E-state index in [4.69, 9.17) is 5.11 Å². The average molecular weight is 270 g/mol. The maximum absolute atomic E-state index is 12.1. The fourth-order valence-electron chi connectivity index (χ4n) is 1.83. The number of carbonyl (C=O) groups excluding carboxylic acids is 1. The van der Waals surface area contributed by atoms with Crippen LogP contribution in [0.2, 0.25) is 0 Å². The average Bonchev–Trinajstić information content (AvgIpc) is 2.47. The molecule has 4 nitrogen and oxygen atoms in total. The van der Waals surface area contributed by atoms with Gasteiger partial charge in [-0.2, -0.15) is 0 Å². The van der Waals surface area contributed by atoms with Crippen LogP contribution in [0.25, 0.3) is 0 Å². The molecule has 1 amide bonds. The molecular weight excluding hydrogens is 252 g/mol. The molecule has 0 aliphatic heterocycles. The number of nitrogens with one attached hydrogen (secondary N) is 1. The van der Waals surface area contributed by atoms with Crippen molar-refractivity contribution in [3.05, 3.63) is 59.4 Å². The van der Waals surface area contributed by atoms with E-state index in [1.165, 1.54) is 0 Å². The van der Waals surface area contributed by atoms with Crippen LogP contribution in [-0.4, -0.2) is 16.0 Å². The van der Waals surface area contributed by atoms with Crippen LogP contribution in [-0.2, 0) is 6.61 Å². The third-order valence-electron chi connectivity index (χ3n) is 3.01. The van der Waals surface area contributed by atoms with Gasteiger partial charge in [-0.25, -0.2) is 0 Å². The molecule has 20 heavy (non-hydrogen) atoms. The molecule has 0 fully saturated rings. The minimum atomic E-state index is -0.206. The van der Waals surface area contributed by atoms with E-state index >= 15 is 0 Å². The molecule has 2 rings (SSSR count). The van der Waals surface area contributed by atoms with E-state index in [1.54, 1.807) is 36.5 Å². The Morgan fingerprint density at radius 3 is 2.70 bits per heavy atom. The number of aromatic nitrogens is 1. The SMILES string of the molecule is CC(C)c1ccc(C(=O)Nc2cccc(CO)c2)cn1. The first-order valence-electron chi connectivity index (χ1n) is 6.57. The molecule has 1 aromatic carbocycles. The molecule has 0 radical (unpaired) electrons. The number of nitrogens with zero attached hydrogens (tertiary/aromatic N) is 1. The topological polar surface area (TPSA) is 62.2 Å². The van der Waals surface area contributed by atoms with Gasteiger partial charge < -0.3 is 10.4 Å². The van der Waals surface area contributed by atoms with Gasteiger partial charge in [0, 0.05) is 17.6 Å². The lowest BCUT2D eigenvalue weighted by Crippen LogP contribution is -2.12. The number of rotatable bonds is 4. The summed E-state index contributed by atoms with van der Waals surface area (Å²) in [5.41, 5.74) is 2.90. The number of amides is 1. The molecule has 4 heteroatoms. The molecule has 0 saturated heterocycles. The van der Waals surface area contributed by atoms with Crippen LogP contribution in [0, 0.1) is 0 Å². The van der Waals surface area contributed by atoms with Gasteiger partial charge in [0.05, 0.1) is 12.2 Å². The molecule has 2 aromatic rings. The van der Waals surface area contributed by atoms with Crippen molar-refractivity contribution >= 4 is 11.6 Å². The second kappa shape index (κ2) is 6.30. The van der Waals surface area contributed by atoms with Crippen molar-refractivity contribution in [2.75, 3.05) is 5.32 Å². The number of aliphatic hydroxyl groups is 1. The van der Waals surface area contributed by atoms with E-state index < -0.39 is 0 Å². The van der Waals surface area contributed by atoms with Gasteiger partial charge in [-0.15, -0.1) is 0 Å². The molecule has 0 spiro atoms. The number of aliphatic hydroxyl groups excluding tert-OH is 1. The Labute approximate surface area is 118 Å². The maximum Gasteiger partial charge on any atom is 0.257 e. The summed E-state index contributed by atoms with van der Waals surface area (Å²) in [4.78, 5) is 16.4. The zero-order valence-electron chi connectivity index (χ0n) is 11.6. The van der Waals surface area contributed by atoms with Crippen molar-refractivity contribution in [3.8, 4) is 0 Å². The number of pyridine rings is 1. The summed E-state index contributed by atoms with van der Waals surface area (Å²) in [6.45, 7) is 4.07. The van der Waals surface area contributed by atoms with E-state index in [-0.39, 0.29) is 12.5 Å². The molecule has 1 heterocycles. The van der Waals surface area contributed by atoms with Gasteiger partial charge in [0.25, 0.3) is 5.91 Å². The molecular formula is C16H18N2O2. The minimum Gasteiger partial charge on any atom is -0.392 e. The third-order valence-corrected chi connectivity index (χ3v) is 3.01. The van der Waals surface area contributed by atoms with E-state index in [2.05, 4.69) is 24.1 Å². The van der Waals surface area contributed by atoms with Crippen LogP contribution >= 0.6 is 0 Å². The lowest BCUT2D eigenvalue weighted by atomic mass is 10.1. The van der Waals surface area contributed by atoms with Gasteiger partial charge in [0.1, 0.15) is 0 Å². The van der Waals surface area contributed by atoms with Crippen LogP contribution < -0.4 is 5.32 Å². The summed E-state index contributed by atoms with van der Waals surface area (Å²) >= 11 is 0. The van der Waals surface area contributed by atoms with Gasteiger partial charge in [-0.05, 0) is 35.7 Å². The van der Waals surface area contributed by atoms with Gasteiger partial charge >= 0.3 is 0 Å². The summed E-state index contributed by atoms with van der Waals surface area (Å²) in [5, 5.41) is 11.9. The van der Waals surface area contributed by atoms with Gasteiger partial charge in [0.2, 0.25) is 0 Å². The Morgan fingerprint density at radius 1 is 1.30 bits per heavy atom. The maximum atomic E-state index is 12.1. The number of anilines is 1. The van der Waals surface area contributed by atoms with E-state index in [1.807, 2.05) is 6.07 Å². The number of hydrogen-bond donors (Lipinski definition) is 2. The van der Waals surface area contributed by atoms with Crippen molar-refractivity contribution in [3.63, 3.8) is 0 Å². The van der Waals surface area contributed by atoms with Crippen molar-refractivity contribution in [1.82, 2.24) is 4.98 Å². The number of benzene rings is 1. The highest BCUT2D eigenvalue weighted by Gasteiger charge is 2.08. The Bertz CT molecular complexity index is 592. The van der Waals surface area contributed by atoms with E-state index in [9.17, 15) is 4.79 Å². The first kappa shape index (κ1) is 14.2. The monoisotopic (exact) mass is 270 g/mol. The fraction of sp³-hybridized carbons (Fsp3) is 0.250. The molecule has 0 bridgehead atoms. The van der Waals surface area contributed by atoms with Gasteiger partial charge in [0.15, 0.2) is 0 Å². The Morgan fingerprint density at radius 2 is 2.10 bits per heavy atom. The zero-order chi connectivity index (χ0) is 14.5. The van der Waals surface area contributed by atoms with Gasteiger partial charge in [-0.1, -0.05) is 26.0 Å². The number of carbonyl (C=O) groups is 1. The third kappa shape index (κ3) is 3.42. The fourth-order valence-corrected chi connectivity index (χ4v) is 1.83. The van der Waals surface area contributed by atoms with Crippen LogP contribution in [0.3, 0.4) is 0 Å². The van der Waals surface area contributed by atoms with Crippen LogP contribution in [0.1, 0.15) is 41.4 Å². The summed E-state index contributed by atoms with van der Waals surface area (Å²) in [6, 6.07) is 10.8. The molecule has 104 valence electrons. The van der Waals surface area contributed by atoms with Crippen LogP contribution in [0.4, 0.5) is 5.69 Å². The second-order valence-electron chi connectivity index (χ2n) is 4.94. The highest BCUT2D eigenvalue weighted by atomic mass is 16.3. The summed E-state index contributed by atoms with van der Waals surface area (Å²) in [5.74, 6) is 0.135. The Hall–Kier alpha value is -2.20. The standard InChI is InChI=1S/C16H18N2O2/c1-11(2)15-7-6-13(9-17-15)16(20)18-14-5-3-4-12(8-14)10-19/h3-9,11,19H,10H2,1-2H3,(H,18,20). The largest absolute Gasteiger partial charge is 0.392 e. The van der Waals surface area contributed by atoms with Crippen LogP contribution in [0.15, 0.2) is 42.6 Å². The summed E-state index contributed by atoms with van der Waals surface area (Å²) in [7, 11) is 0. The molecule has 0 atom stereocenters. The van der Waals surface area contributed by atoms with E-state index in [0.29, 0.717) is 17.2 Å². The van der Waals surface area contributed by atoms with E-state index in [0.717, 1.165) is 11.3 Å². The zero-order valence-corrected chi connectivity index (χ0v) is 11.6. The molecule has 2 N–H and O–H groups in total. The Balaban J connectivity index is 2.11. The molecule has 0 saturated carbocycles. The quantitative estimate of drug-likeness (QED) is 0.897. The van der Waals surface area contributed by atoms with Gasteiger partial charge in [-0.3, -0.25) is 9.78 Å². The number of hydrogen-bond acceptors (Lipinski definition) is 3. The molecule has 0 aliphatic carbocycles. The lowest BCUT2D eigenvalue weighted by Gasteiger charge is -2.08. The smallest absolute Gasteiger partial charge is 0.257 e. The lowest BCUT2D eigenvalue weighted by molar-refractivity contribution is 0.102. The minimum absolute atomic E-state index is 0.0473. The summed E-state index contributed by atoms with van der Waals surface area (Å²) in [6.07, 6.45) is 1.58. The summed E-state index contributed by atoms with van der Waals surface area (Å²) < 4.78 is 0. The molecule has 0 unspecified atom stereocenters. The second-order valence-corrected chi connectivity index (χ2v) is 4.94. The van der Waals surface area contributed by atoms with Crippen molar-refractivity contribution in [2.24, 2.45) is 0 Å². The predicted octanol–water partition coefficient (Wildman–Crippen LogP) is 2.95. The normalized spacial score (nSPS) is 10.6.